The van der Waals surface area contributed by atoms with Crippen LogP contribution in [0.25, 0.3) is 10.6 Å². The molecule has 0 spiro atoms. The van der Waals surface area contributed by atoms with Gasteiger partial charge in [0.15, 0.2) is 25.7 Å². The largest absolute Gasteiger partial charge is 0.497 e. The maximum atomic E-state index is 13.9. The van der Waals surface area contributed by atoms with E-state index in [-0.39, 0.29) is 12.3 Å². The number of sulfone groups is 1. The van der Waals surface area contributed by atoms with Gasteiger partial charge in [-0.15, -0.1) is 15.3 Å². The number of rotatable bonds is 12. The van der Waals surface area contributed by atoms with Gasteiger partial charge in [-0.25, -0.2) is 13.2 Å². The Hall–Kier alpha value is -4.35. The van der Waals surface area contributed by atoms with Gasteiger partial charge in [0.05, 0.1) is 24.6 Å². The summed E-state index contributed by atoms with van der Waals surface area (Å²) in [5, 5.41) is 16.1. The molecule has 2 aliphatic rings. The molecule has 2 saturated heterocycles. The number of methoxy groups -OCH3 is 1. The highest BCUT2D eigenvalue weighted by atomic mass is 32.2. The van der Waals surface area contributed by atoms with E-state index in [0.29, 0.717) is 23.6 Å². The third kappa shape index (κ3) is 6.17. The molecule has 0 radical (unpaired) electrons. The number of amides is 1. The van der Waals surface area contributed by atoms with Crippen LogP contribution in [0.3, 0.4) is 0 Å². The second-order valence-corrected chi connectivity index (χ2v) is 16.6. The number of carbonyl (C=O) groups excluding carboxylic acids is 3. The summed E-state index contributed by atoms with van der Waals surface area (Å²) in [6.45, 7) is 4.20. The third-order valence-electron chi connectivity index (χ3n) is 8.31. The highest BCUT2D eigenvalue weighted by molar-refractivity contribution is 8.01. The van der Waals surface area contributed by atoms with Crippen LogP contribution in [-0.2, 0) is 46.8 Å². The summed E-state index contributed by atoms with van der Waals surface area (Å²) in [6, 6.07) is 15.2. The molecule has 0 bridgehead atoms. The summed E-state index contributed by atoms with van der Waals surface area (Å²) in [5.74, 6) is -2.39. The normalized spacial score (nSPS) is 21.2. The van der Waals surface area contributed by atoms with Crippen LogP contribution in [-0.4, -0.2) is 85.4 Å². The van der Waals surface area contributed by atoms with Crippen LogP contribution in [0, 0.1) is 5.92 Å². The zero-order chi connectivity index (χ0) is 34.2. The van der Waals surface area contributed by atoms with Gasteiger partial charge in [-0.3, -0.25) is 14.3 Å². The number of fused-ring (bicyclic) bond motifs is 1. The monoisotopic (exact) mass is 712 g/mol. The smallest absolute Gasteiger partial charge is 0.330 e. The van der Waals surface area contributed by atoms with Crippen LogP contribution in [0.1, 0.15) is 38.1 Å². The molecule has 6 rings (SSSR count). The zero-order valence-electron chi connectivity index (χ0n) is 26.4. The summed E-state index contributed by atoms with van der Waals surface area (Å²) >= 11 is 2.95. The Kier molecular flexibility index (Phi) is 9.28. The predicted octanol–water partition coefficient (Wildman–Crippen LogP) is 3.31. The minimum absolute atomic E-state index is 0.119. The number of aromatic nitrogens is 5. The first kappa shape index (κ1) is 33.5. The van der Waals surface area contributed by atoms with Crippen LogP contribution in [0.15, 0.2) is 65.1 Å². The second kappa shape index (κ2) is 13.3. The molecule has 14 nitrogen and oxygen atoms in total. The number of ether oxygens (including phenoxy) is 3. The van der Waals surface area contributed by atoms with Crippen LogP contribution in [0.4, 0.5) is 0 Å². The van der Waals surface area contributed by atoms with E-state index in [1.54, 1.807) is 24.3 Å². The van der Waals surface area contributed by atoms with Crippen molar-refractivity contribution in [3.63, 3.8) is 0 Å². The van der Waals surface area contributed by atoms with Crippen molar-refractivity contribution in [3.05, 3.63) is 72.1 Å². The van der Waals surface area contributed by atoms with Gasteiger partial charge in [0.2, 0.25) is 5.91 Å². The predicted molar refractivity (Wildman–Crippen MR) is 174 cm³/mol. The summed E-state index contributed by atoms with van der Waals surface area (Å²) in [5.41, 5.74) is 1.76. The molecule has 0 saturated carbocycles. The number of hydrogen-bond donors (Lipinski definition) is 0. The first-order valence-electron chi connectivity index (χ1n) is 14.9. The summed E-state index contributed by atoms with van der Waals surface area (Å²) in [4.78, 5) is 40.3. The Morgan fingerprint density at radius 2 is 1.79 bits per heavy atom. The fourth-order valence-corrected chi connectivity index (χ4v) is 9.97. The molecule has 2 aliphatic heterocycles. The van der Waals surface area contributed by atoms with E-state index >= 15 is 0 Å². The molecule has 1 unspecified atom stereocenters. The Morgan fingerprint density at radius 3 is 2.48 bits per heavy atom. The quantitative estimate of drug-likeness (QED) is 0.119. The number of carbonyl (C=O) groups is 3. The van der Waals surface area contributed by atoms with Crippen molar-refractivity contribution in [1.29, 1.82) is 0 Å². The molecule has 4 aromatic rings. The van der Waals surface area contributed by atoms with Gasteiger partial charge >= 0.3 is 11.9 Å². The lowest BCUT2D eigenvalue weighted by Crippen LogP contribution is -2.65. The standard InChI is InChI=1S/C31H32N6O8S3/c1-18(38)45-24(22-16-36(35-32-22)14-15-46-30-34-33-26(47-30)20-8-6-5-7-9-20)23-27(39)37-25(31(2,3)48(41,42)28(23)37)29(40)44-17-19-10-12-21(43-4)13-11-19/h5-13,16,23-25,28H,14-15,17H2,1-4H3/t23-,24?,25-,28+/m0/s1. The molecule has 48 heavy (non-hydrogen) atoms. The van der Waals surface area contributed by atoms with Crippen molar-refractivity contribution in [2.24, 2.45) is 5.92 Å². The fourth-order valence-electron chi connectivity index (χ4n) is 5.80. The number of benzene rings is 2. The minimum atomic E-state index is -4.15. The molecular formula is C31H32N6O8S3. The van der Waals surface area contributed by atoms with Gasteiger partial charge in [-0.2, -0.15) is 0 Å². The molecule has 4 atom stereocenters. The number of thioether (sulfide) groups is 1. The first-order valence-corrected chi connectivity index (χ1v) is 18.2. The molecule has 2 aromatic heterocycles. The molecule has 17 heteroatoms. The van der Waals surface area contributed by atoms with Crippen molar-refractivity contribution in [3.8, 4) is 16.3 Å². The fraction of sp³-hybridized carbons (Fsp3) is 0.387. The molecule has 4 heterocycles. The summed E-state index contributed by atoms with van der Waals surface area (Å²) in [6.07, 6.45) is 0.182. The molecule has 2 fully saturated rings. The van der Waals surface area contributed by atoms with Crippen LogP contribution in [0.2, 0.25) is 0 Å². The number of β-lactam (4-membered cyclic amide) rings is 1. The summed E-state index contributed by atoms with van der Waals surface area (Å²) < 4.78 is 44.5. The molecule has 0 N–H and O–H groups in total. The van der Waals surface area contributed by atoms with Crippen molar-refractivity contribution in [1.82, 2.24) is 30.1 Å². The highest BCUT2D eigenvalue weighted by Gasteiger charge is 2.74. The SMILES string of the molecule is COc1ccc(COC(=O)[C@@H]2N3C(=O)[C@H](C(OC(C)=O)c4cn(CCSc5nnc(-c6ccccc6)s5)nn4)[C@H]3S(=O)(=O)C2(C)C)cc1. The Labute approximate surface area is 284 Å². The van der Waals surface area contributed by atoms with Crippen molar-refractivity contribution in [2.45, 2.75) is 60.5 Å². The van der Waals surface area contributed by atoms with E-state index in [9.17, 15) is 22.8 Å². The summed E-state index contributed by atoms with van der Waals surface area (Å²) in [7, 11) is -2.62. The lowest BCUT2D eigenvalue weighted by atomic mass is 9.86. The molecular weight excluding hydrogens is 681 g/mol. The van der Waals surface area contributed by atoms with Gasteiger partial charge in [0.1, 0.15) is 35.0 Å². The molecule has 2 aromatic carbocycles. The highest BCUT2D eigenvalue weighted by Crippen LogP contribution is 2.53. The van der Waals surface area contributed by atoms with E-state index in [1.165, 1.54) is 54.9 Å². The molecule has 252 valence electrons. The molecule has 1 amide bonds. The van der Waals surface area contributed by atoms with Crippen LogP contribution in [0.5, 0.6) is 5.75 Å². The zero-order valence-corrected chi connectivity index (χ0v) is 28.8. The van der Waals surface area contributed by atoms with Gasteiger partial charge in [0, 0.05) is 18.2 Å². The minimum Gasteiger partial charge on any atom is -0.497 e. The van der Waals surface area contributed by atoms with Gasteiger partial charge in [-0.1, -0.05) is 70.8 Å². The maximum absolute atomic E-state index is 13.9. The average molecular weight is 713 g/mol. The lowest BCUT2D eigenvalue weighted by Gasteiger charge is -2.45. The van der Waals surface area contributed by atoms with Gasteiger partial charge in [-0.05, 0) is 31.5 Å². The van der Waals surface area contributed by atoms with Gasteiger partial charge in [0.25, 0.3) is 0 Å². The van der Waals surface area contributed by atoms with E-state index in [0.717, 1.165) is 26.7 Å². The van der Waals surface area contributed by atoms with Crippen LogP contribution >= 0.6 is 23.1 Å². The Morgan fingerprint density at radius 1 is 1.06 bits per heavy atom. The van der Waals surface area contributed by atoms with E-state index < -0.39 is 55.9 Å². The number of esters is 2. The van der Waals surface area contributed by atoms with Gasteiger partial charge < -0.3 is 19.1 Å². The number of hydrogen-bond acceptors (Lipinski definition) is 14. The topological polar surface area (TPSA) is 173 Å². The number of nitrogens with zero attached hydrogens (tertiary/aromatic N) is 6. The average Bonchev–Trinajstić information content (AvgIpc) is 3.77. The van der Waals surface area contributed by atoms with E-state index in [2.05, 4.69) is 20.5 Å². The van der Waals surface area contributed by atoms with E-state index in [4.69, 9.17) is 14.2 Å². The van der Waals surface area contributed by atoms with Crippen molar-refractivity contribution >= 4 is 50.8 Å². The maximum Gasteiger partial charge on any atom is 0.330 e. The first-order chi connectivity index (χ1) is 22.9. The molecule has 0 aliphatic carbocycles. The van der Waals surface area contributed by atoms with E-state index in [1.807, 2.05) is 30.3 Å². The second-order valence-electron chi connectivity index (χ2n) is 11.7. The third-order valence-corrected chi connectivity index (χ3v) is 13.2. The Bertz CT molecular complexity index is 1930. The number of aryl methyl sites for hydroxylation is 1. The van der Waals surface area contributed by atoms with Crippen molar-refractivity contribution < 1.29 is 37.0 Å². The lowest BCUT2D eigenvalue weighted by molar-refractivity contribution is -0.178. The Balaban J connectivity index is 1.15. The van der Waals surface area contributed by atoms with Crippen LogP contribution < -0.4 is 4.74 Å². The van der Waals surface area contributed by atoms with Crippen molar-refractivity contribution in [2.75, 3.05) is 12.9 Å².